The molecule has 0 saturated heterocycles. The Labute approximate surface area is 148 Å². The number of nitrogen functional groups attached to an aromatic ring is 1. The van der Waals surface area contributed by atoms with Gasteiger partial charge in [-0.1, -0.05) is 17.7 Å². The van der Waals surface area contributed by atoms with Gasteiger partial charge < -0.3 is 15.8 Å². The van der Waals surface area contributed by atoms with Gasteiger partial charge >= 0.3 is 5.97 Å². The van der Waals surface area contributed by atoms with Crippen molar-refractivity contribution in [3.05, 3.63) is 59.0 Å². The fraction of sp³-hybridized carbons (Fsp3) is 0.111. The quantitative estimate of drug-likeness (QED) is 0.528. The molecule has 0 spiro atoms. The Kier molecular flexibility index (Phi) is 4.72. The van der Waals surface area contributed by atoms with E-state index < -0.39 is 11.8 Å². The largest absolute Gasteiger partial charge is 0.462 e. The number of nitrogens with one attached hydrogen (secondary N) is 1. The van der Waals surface area contributed by atoms with Gasteiger partial charge in [-0.2, -0.15) is 0 Å². The predicted octanol–water partition coefficient (Wildman–Crippen LogP) is 4.53. The molecule has 3 rings (SSSR count). The standard InChI is InChI=1S/C18H15ClFN3O2/c1-2-25-18(24)10-4-3-5-14(16(10)21)23-13-8-9-22-17-11(19)6-7-12(20)15(13)17/h3-9H,2,21H2,1H3,(H,22,23). The molecule has 5 nitrogen and oxygen atoms in total. The van der Waals surface area contributed by atoms with Gasteiger partial charge in [0, 0.05) is 6.20 Å². The van der Waals surface area contributed by atoms with E-state index in [2.05, 4.69) is 10.3 Å². The predicted molar refractivity (Wildman–Crippen MR) is 96.8 cm³/mol. The highest BCUT2D eigenvalue weighted by molar-refractivity contribution is 6.35. The van der Waals surface area contributed by atoms with E-state index in [1.165, 1.54) is 18.3 Å². The monoisotopic (exact) mass is 359 g/mol. The molecular formula is C18H15ClFN3O2. The Balaban J connectivity index is 2.07. The number of pyridine rings is 1. The van der Waals surface area contributed by atoms with Crippen LogP contribution < -0.4 is 11.1 Å². The van der Waals surface area contributed by atoms with Crippen LogP contribution in [0.2, 0.25) is 5.02 Å². The average Bonchev–Trinajstić information content (AvgIpc) is 2.60. The van der Waals surface area contributed by atoms with E-state index in [1.54, 1.807) is 31.2 Å². The summed E-state index contributed by atoms with van der Waals surface area (Å²) >= 11 is 6.09. The first kappa shape index (κ1) is 17.0. The van der Waals surface area contributed by atoms with Crippen molar-refractivity contribution >= 4 is 45.5 Å². The zero-order valence-electron chi connectivity index (χ0n) is 13.3. The molecule has 0 amide bonds. The zero-order valence-corrected chi connectivity index (χ0v) is 14.1. The number of carbonyl (C=O) groups is 1. The van der Waals surface area contributed by atoms with Crippen molar-refractivity contribution in [3.63, 3.8) is 0 Å². The number of carbonyl (C=O) groups excluding carboxylic acids is 1. The first-order valence-corrected chi connectivity index (χ1v) is 7.96. The highest BCUT2D eigenvalue weighted by atomic mass is 35.5. The van der Waals surface area contributed by atoms with Gasteiger partial charge in [0.15, 0.2) is 0 Å². The molecule has 0 aliphatic heterocycles. The molecule has 1 aromatic heterocycles. The SMILES string of the molecule is CCOC(=O)c1cccc(Nc2ccnc3c(Cl)ccc(F)c23)c1N. The lowest BCUT2D eigenvalue weighted by Crippen LogP contribution is -2.09. The summed E-state index contributed by atoms with van der Waals surface area (Å²) in [5.74, 6) is -0.979. The average molecular weight is 360 g/mol. The number of anilines is 3. The third-order valence-electron chi connectivity index (χ3n) is 3.66. The van der Waals surface area contributed by atoms with Crippen molar-refractivity contribution in [1.82, 2.24) is 4.98 Å². The van der Waals surface area contributed by atoms with Crippen LogP contribution in [-0.4, -0.2) is 17.6 Å². The minimum absolute atomic E-state index is 0.216. The maximum absolute atomic E-state index is 14.3. The first-order valence-electron chi connectivity index (χ1n) is 7.58. The normalized spacial score (nSPS) is 10.7. The van der Waals surface area contributed by atoms with Gasteiger partial charge in [0.05, 0.1) is 45.2 Å². The Morgan fingerprint density at radius 3 is 2.84 bits per heavy atom. The number of esters is 1. The van der Waals surface area contributed by atoms with Gasteiger partial charge in [-0.25, -0.2) is 9.18 Å². The van der Waals surface area contributed by atoms with Gasteiger partial charge in [-0.3, -0.25) is 4.98 Å². The molecule has 1 heterocycles. The van der Waals surface area contributed by atoms with Crippen LogP contribution in [0, 0.1) is 5.82 Å². The zero-order chi connectivity index (χ0) is 18.0. The van der Waals surface area contributed by atoms with Crippen LogP contribution in [0.4, 0.5) is 21.5 Å². The highest BCUT2D eigenvalue weighted by Gasteiger charge is 2.16. The summed E-state index contributed by atoms with van der Waals surface area (Å²) in [6, 6.07) is 9.25. The number of hydrogen-bond donors (Lipinski definition) is 2. The van der Waals surface area contributed by atoms with E-state index in [0.717, 1.165) is 0 Å². The van der Waals surface area contributed by atoms with Crippen LogP contribution in [0.25, 0.3) is 10.9 Å². The summed E-state index contributed by atoms with van der Waals surface area (Å²) in [5, 5.41) is 3.64. The van der Waals surface area contributed by atoms with Gasteiger partial charge in [-0.05, 0) is 37.3 Å². The fourth-order valence-electron chi connectivity index (χ4n) is 2.50. The molecule has 0 aliphatic carbocycles. The Hall–Kier alpha value is -2.86. The Morgan fingerprint density at radius 2 is 2.08 bits per heavy atom. The number of ether oxygens (including phenoxy) is 1. The number of para-hydroxylation sites is 1. The highest BCUT2D eigenvalue weighted by Crippen LogP contribution is 2.33. The van der Waals surface area contributed by atoms with Gasteiger partial charge in [0.2, 0.25) is 0 Å². The number of hydrogen-bond acceptors (Lipinski definition) is 5. The van der Waals surface area contributed by atoms with Crippen LogP contribution in [-0.2, 0) is 4.74 Å². The maximum atomic E-state index is 14.3. The maximum Gasteiger partial charge on any atom is 0.340 e. The molecule has 3 aromatic rings. The molecule has 0 bridgehead atoms. The molecular weight excluding hydrogens is 345 g/mol. The molecule has 25 heavy (non-hydrogen) atoms. The second-order valence-corrected chi connectivity index (χ2v) is 5.63. The van der Waals surface area contributed by atoms with Crippen LogP contribution in [0.5, 0.6) is 0 Å². The van der Waals surface area contributed by atoms with Crippen molar-refractivity contribution in [1.29, 1.82) is 0 Å². The number of aromatic nitrogens is 1. The van der Waals surface area contributed by atoms with Crippen molar-refractivity contribution in [2.75, 3.05) is 17.7 Å². The van der Waals surface area contributed by atoms with Crippen LogP contribution in [0.1, 0.15) is 17.3 Å². The van der Waals surface area contributed by atoms with Gasteiger partial charge in [0.1, 0.15) is 5.82 Å². The van der Waals surface area contributed by atoms with Gasteiger partial charge in [0.25, 0.3) is 0 Å². The van der Waals surface area contributed by atoms with E-state index in [4.69, 9.17) is 22.1 Å². The number of nitrogens with two attached hydrogens (primary N) is 1. The minimum Gasteiger partial charge on any atom is -0.462 e. The van der Waals surface area contributed by atoms with E-state index in [0.29, 0.717) is 21.9 Å². The Morgan fingerprint density at radius 1 is 1.28 bits per heavy atom. The second-order valence-electron chi connectivity index (χ2n) is 5.22. The number of rotatable bonds is 4. The summed E-state index contributed by atoms with van der Waals surface area (Å²) in [7, 11) is 0. The third kappa shape index (κ3) is 3.21. The number of halogens is 2. The molecule has 0 unspecified atom stereocenters. The molecule has 0 aliphatic rings. The molecule has 0 atom stereocenters. The molecule has 2 aromatic carbocycles. The lowest BCUT2D eigenvalue weighted by atomic mass is 10.1. The topological polar surface area (TPSA) is 77.2 Å². The number of fused-ring (bicyclic) bond motifs is 1. The van der Waals surface area contributed by atoms with Crippen LogP contribution in [0.15, 0.2) is 42.6 Å². The summed E-state index contributed by atoms with van der Waals surface area (Å²) in [6.45, 7) is 1.96. The molecule has 0 saturated carbocycles. The van der Waals surface area contributed by atoms with Crippen molar-refractivity contribution < 1.29 is 13.9 Å². The molecule has 0 fully saturated rings. The van der Waals surface area contributed by atoms with Crippen LogP contribution >= 0.6 is 11.6 Å². The van der Waals surface area contributed by atoms with Crippen LogP contribution in [0.3, 0.4) is 0 Å². The smallest absolute Gasteiger partial charge is 0.340 e. The van der Waals surface area contributed by atoms with Crippen molar-refractivity contribution in [2.24, 2.45) is 0 Å². The van der Waals surface area contributed by atoms with E-state index in [-0.39, 0.29) is 23.2 Å². The number of nitrogens with zero attached hydrogens (tertiary/aromatic N) is 1. The molecule has 128 valence electrons. The van der Waals surface area contributed by atoms with Crippen molar-refractivity contribution in [3.8, 4) is 0 Å². The van der Waals surface area contributed by atoms with Gasteiger partial charge in [-0.15, -0.1) is 0 Å². The van der Waals surface area contributed by atoms with E-state index in [9.17, 15) is 9.18 Å². The van der Waals surface area contributed by atoms with E-state index in [1.807, 2.05) is 0 Å². The lowest BCUT2D eigenvalue weighted by Gasteiger charge is -2.14. The second kappa shape index (κ2) is 6.94. The van der Waals surface area contributed by atoms with Crippen molar-refractivity contribution in [2.45, 2.75) is 6.92 Å². The summed E-state index contributed by atoms with van der Waals surface area (Å²) < 4.78 is 19.3. The Bertz CT molecular complexity index is 962. The lowest BCUT2D eigenvalue weighted by molar-refractivity contribution is 0.0527. The fourth-order valence-corrected chi connectivity index (χ4v) is 2.71. The molecule has 3 N–H and O–H groups in total. The van der Waals surface area contributed by atoms with E-state index >= 15 is 0 Å². The summed E-state index contributed by atoms with van der Waals surface area (Å²) in [6.07, 6.45) is 1.52. The first-order chi connectivity index (χ1) is 12.0. The summed E-state index contributed by atoms with van der Waals surface area (Å²) in [5.41, 5.74) is 7.77. The minimum atomic E-state index is -0.516. The molecule has 7 heteroatoms. The molecule has 0 radical (unpaired) electrons. The third-order valence-corrected chi connectivity index (χ3v) is 3.97. The number of benzene rings is 2. The summed E-state index contributed by atoms with van der Waals surface area (Å²) in [4.78, 5) is 16.1.